The first kappa shape index (κ1) is 35.3. The van der Waals surface area contributed by atoms with Gasteiger partial charge >= 0.3 is 5.97 Å². The Labute approximate surface area is 258 Å². The molecule has 2 aliphatic rings. The zero-order chi connectivity index (χ0) is 32.4. The standard InChI is InChI=1S/C29H32N4.C4H8O2.2C2H6/c1-8-20-18(6)27-14-29-21(9-2)17(5)26(32-29)12-22-15(3)10-24(30-22)19(7)25-11-16(4)23(31-25)13-28(20)33-27;1-3-4(5)6-2;2*1-2/h9,11-15,32-33H,2,8,10H2,1,3-7H3;3H2,1-2H3;2*1-2H3. The maximum absolute atomic E-state index is 9.96. The minimum absolute atomic E-state index is 0.157. The molecule has 0 saturated heterocycles. The molecule has 0 aliphatic carbocycles. The summed E-state index contributed by atoms with van der Waals surface area (Å²) in [6.07, 6.45) is 6.51. The van der Waals surface area contributed by atoms with E-state index >= 15 is 0 Å². The van der Waals surface area contributed by atoms with Gasteiger partial charge in [-0.3, -0.25) is 9.78 Å². The van der Waals surface area contributed by atoms with E-state index in [1.807, 2.05) is 33.8 Å². The molecular weight excluding hydrogens is 532 g/mol. The number of allylic oxidation sites excluding steroid dienone is 1. The lowest BCUT2D eigenvalue weighted by atomic mass is 10.0. The van der Waals surface area contributed by atoms with E-state index in [9.17, 15) is 4.79 Å². The van der Waals surface area contributed by atoms with Crippen molar-refractivity contribution in [1.82, 2.24) is 19.9 Å². The summed E-state index contributed by atoms with van der Waals surface area (Å²) in [6.45, 7) is 27.0. The fourth-order valence-corrected chi connectivity index (χ4v) is 5.28. The molecule has 43 heavy (non-hydrogen) atoms. The summed E-state index contributed by atoms with van der Waals surface area (Å²) < 4.78 is 4.26. The molecule has 5 rings (SSSR count). The van der Waals surface area contributed by atoms with Crippen molar-refractivity contribution in [2.45, 2.75) is 101 Å². The lowest BCUT2D eigenvalue weighted by Gasteiger charge is -2.00. The number of ether oxygens (including phenoxy) is 1. The van der Waals surface area contributed by atoms with Crippen molar-refractivity contribution < 1.29 is 9.53 Å². The first-order valence-electron chi connectivity index (χ1n) is 15.7. The smallest absolute Gasteiger partial charge is 0.305 e. The van der Waals surface area contributed by atoms with Gasteiger partial charge in [-0.1, -0.05) is 61.1 Å². The lowest BCUT2D eigenvalue weighted by Crippen LogP contribution is -1.94. The van der Waals surface area contributed by atoms with Crippen molar-refractivity contribution in [3.05, 3.63) is 75.4 Å². The number of hydrogen-bond donors (Lipinski definition) is 2. The number of carbonyl (C=O) groups excluding carboxylic acids is 1. The van der Waals surface area contributed by atoms with Crippen LogP contribution in [0, 0.1) is 20.8 Å². The molecule has 0 saturated carbocycles. The first-order valence-corrected chi connectivity index (χ1v) is 15.7. The van der Waals surface area contributed by atoms with Crippen molar-refractivity contribution in [1.29, 1.82) is 0 Å². The van der Waals surface area contributed by atoms with Crippen LogP contribution in [0.15, 0.2) is 24.8 Å². The molecule has 0 fully saturated rings. The molecule has 3 aromatic rings. The third kappa shape index (κ3) is 7.73. The molecule has 5 heterocycles. The molecule has 0 aromatic carbocycles. The van der Waals surface area contributed by atoms with Crippen LogP contribution in [0.1, 0.15) is 118 Å². The number of carbonyl (C=O) groups is 1. The number of aromatic nitrogens is 4. The molecule has 2 N–H and O–H groups in total. The number of aryl methyl sites for hydroxylation is 3. The van der Waals surface area contributed by atoms with Crippen molar-refractivity contribution in [2.24, 2.45) is 0 Å². The van der Waals surface area contributed by atoms with Crippen LogP contribution in [0.3, 0.4) is 0 Å². The van der Waals surface area contributed by atoms with Gasteiger partial charge in [0.1, 0.15) is 0 Å². The fraction of sp³-hybridized carbons (Fsp3) is 0.432. The lowest BCUT2D eigenvalue weighted by molar-refractivity contribution is -0.140. The topological polar surface area (TPSA) is 83.7 Å². The number of methoxy groups -OCH3 is 1. The van der Waals surface area contributed by atoms with Gasteiger partial charge in [-0.2, -0.15) is 0 Å². The van der Waals surface area contributed by atoms with Crippen LogP contribution in [-0.2, 0) is 22.4 Å². The number of fused-ring (bicyclic) bond motifs is 8. The Bertz CT molecular complexity index is 1630. The van der Waals surface area contributed by atoms with E-state index < -0.39 is 0 Å². The average molecular weight is 585 g/mol. The maximum atomic E-state index is 9.96. The zero-order valence-corrected chi connectivity index (χ0v) is 28.5. The Morgan fingerprint density at radius 3 is 2.12 bits per heavy atom. The van der Waals surface area contributed by atoms with Crippen molar-refractivity contribution in [3.63, 3.8) is 0 Å². The third-order valence-electron chi connectivity index (χ3n) is 7.84. The van der Waals surface area contributed by atoms with Crippen LogP contribution in [0.4, 0.5) is 0 Å². The van der Waals surface area contributed by atoms with Gasteiger partial charge in [-0.05, 0) is 92.6 Å². The molecule has 8 bridgehead atoms. The Kier molecular flexibility index (Phi) is 13.2. The molecule has 0 spiro atoms. The molecule has 6 heteroatoms. The second-order valence-corrected chi connectivity index (χ2v) is 10.4. The highest BCUT2D eigenvalue weighted by Gasteiger charge is 2.20. The van der Waals surface area contributed by atoms with Crippen molar-refractivity contribution in [2.75, 3.05) is 7.11 Å². The molecular formula is C37H52N4O2. The zero-order valence-electron chi connectivity index (χ0n) is 28.5. The van der Waals surface area contributed by atoms with Gasteiger partial charge in [0.2, 0.25) is 0 Å². The Morgan fingerprint density at radius 1 is 0.930 bits per heavy atom. The molecule has 3 aromatic heterocycles. The number of H-pyrrole nitrogens is 2. The van der Waals surface area contributed by atoms with Gasteiger partial charge < -0.3 is 14.7 Å². The van der Waals surface area contributed by atoms with Gasteiger partial charge in [0, 0.05) is 51.4 Å². The summed E-state index contributed by atoms with van der Waals surface area (Å²) in [7, 11) is 1.38. The monoisotopic (exact) mass is 584 g/mol. The van der Waals surface area contributed by atoms with Crippen LogP contribution in [0.2, 0.25) is 0 Å². The minimum Gasteiger partial charge on any atom is -0.469 e. The minimum atomic E-state index is -0.157. The van der Waals surface area contributed by atoms with E-state index in [1.54, 1.807) is 6.92 Å². The number of hydrogen-bond acceptors (Lipinski definition) is 4. The predicted octanol–water partition coefficient (Wildman–Crippen LogP) is 9.97. The van der Waals surface area contributed by atoms with E-state index in [-0.39, 0.29) is 5.97 Å². The summed E-state index contributed by atoms with van der Waals surface area (Å²) >= 11 is 0. The van der Waals surface area contributed by atoms with Gasteiger partial charge in [-0.15, -0.1) is 0 Å². The number of rotatable bonds is 3. The summed E-state index contributed by atoms with van der Waals surface area (Å²) in [5.41, 5.74) is 16.0. The van der Waals surface area contributed by atoms with Crippen LogP contribution in [0.25, 0.3) is 39.8 Å². The SMILES string of the molecule is C=Cc1c(C)c2cc3nc(c(C)c4nc(cc5[nH]c(cc1[nH]2)c(C)c5CC)C(C)=C4)CC3C.CC.CC.CCC(=O)OC. The Morgan fingerprint density at radius 2 is 1.56 bits per heavy atom. The molecule has 2 aliphatic heterocycles. The van der Waals surface area contributed by atoms with Gasteiger partial charge in [0.25, 0.3) is 0 Å². The van der Waals surface area contributed by atoms with E-state index in [2.05, 4.69) is 87.1 Å². The Hall–Kier alpha value is -3.93. The normalized spacial score (nSPS) is 13.3. The van der Waals surface area contributed by atoms with E-state index in [0.717, 1.165) is 63.2 Å². The number of nitrogens with one attached hydrogen (secondary N) is 2. The van der Waals surface area contributed by atoms with Gasteiger partial charge in [0.05, 0.1) is 18.5 Å². The molecule has 232 valence electrons. The summed E-state index contributed by atoms with van der Waals surface area (Å²) in [5, 5.41) is 0. The molecule has 6 nitrogen and oxygen atoms in total. The van der Waals surface area contributed by atoms with E-state index in [0.29, 0.717) is 12.3 Å². The molecule has 0 radical (unpaired) electrons. The Balaban J connectivity index is 0.000000570. The van der Waals surface area contributed by atoms with Gasteiger partial charge in [0.15, 0.2) is 0 Å². The summed E-state index contributed by atoms with van der Waals surface area (Å²) in [6, 6.07) is 6.63. The van der Waals surface area contributed by atoms with Crippen molar-refractivity contribution in [3.8, 4) is 0 Å². The highest BCUT2D eigenvalue weighted by atomic mass is 16.5. The highest BCUT2D eigenvalue weighted by Crippen LogP contribution is 2.31. The second-order valence-electron chi connectivity index (χ2n) is 10.4. The third-order valence-corrected chi connectivity index (χ3v) is 7.84. The first-order chi connectivity index (χ1) is 20.6. The molecule has 1 unspecified atom stereocenters. The summed E-state index contributed by atoms with van der Waals surface area (Å²) in [4.78, 5) is 27.3. The predicted molar refractivity (Wildman–Crippen MR) is 185 cm³/mol. The molecule has 0 amide bonds. The fourth-order valence-electron chi connectivity index (χ4n) is 5.28. The number of esters is 1. The largest absolute Gasteiger partial charge is 0.469 e. The van der Waals surface area contributed by atoms with Crippen molar-refractivity contribution >= 4 is 45.8 Å². The van der Waals surface area contributed by atoms with Gasteiger partial charge in [-0.25, -0.2) is 4.98 Å². The highest BCUT2D eigenvalue weighted by molar-refractivity contribution is 5.86. The van der Waals surface area contributed by atoms with Crippen LogP contribution in [-0.4, -0.2) is 33.0 Å². The van der Waals surface area contributed by atoms with Crippen LogP contribution < -0.4 is 0 Å². The van der Waals surface area contributed by atoms with Crippen LogP contribution >= 0.6 is 0 Å². The number of nitrogens with zero attached hydrogens (tertiary/aromatic N) is 2. The van der Waals surface area contributed by atoms with Crippen LogP contribution in [0.5, 0.6) is 0 Å². The van der Waals surface area contributed by atoms with E-state index in [4.69, 9.17) is 9.97 Å². The summed E-state index contributed by atoms with van der Waals surface area (Å²) in [5.74, 6) is 0.213. The molecule has 1 atom stereocenters. The average Bonchev–Trinajstić information content (AvgIpc) is 3.74. The number of aromatic amines is 2. The van der Waals surface area contributed by atoms with E-state index in [1.165, 1.54) is 34.9 Å². The quantitative estimate of drug-likeness (QED) is 0.300. The maximum Gasteiger partial charge on any atom is 0.305 e. The second kappa shape index (κ2) is 16.1.